The zero-order chi connectivity index (χ0) is 13.8. The third-order valence-corrected chi connectivity index (χ3v) is 4.19. The number of benzene rings is 2. The highest BCUT2D eigenvalue weighted by atomic mass is 16.5. The third-order valence-electron chi connectivity index (χ3n) is 4.19. The minimum Gasteiger partial charge on any atom is -0.497 e. The average Bonchev–Trinajstić information content (AvgIpc) is 2.96. The van der Waals surface area contributed by atoms with E-state index >= 15 is 0 Å². The minimum absolute atomic E-state index is 0.533. The molecule has 0 spiro atoms. The molecule has 0 saturated carbocycles. The topological polar surface area (TPSA) is 21.3 Å². The van der Waals surface area contributed by atoms with E-state index in [1.165, 1.54) is 17.5 Å². The molecule has 0 amide bonds. The molecule has 2 nitrogen and oxygen atoms in total. The van der Waals surface area contributed by atoms with Crippen molar-refractivity contribution in [3.05, 3.63) is 65.7 Å². The molecule has 0 aliphatic carbocycles. The van der Waals surface area contributed by atoms with E-state index in [2.05, 4.69) is 59.9 Å². The van der Waals surface area contributed by atoms with Crippen LogP contribution in [0.15, 0.2) is 54.6 Å². The van der Waals surface area contributed by atoms with Crippen molar-refractivity contribution in [1.82, 2.24) is 5.32 Å². The molecular weight excluding hydrogens is 246 g/mol. The number of hydrogen-bond donors (Lipinski definition) is 1. The van der Waals surface area contributed by atoms with E-state index < -0.39 is 0 Å². The first-order valence-corrected chi connectivity index (χ1v) is 7.28. The highest BCUT2D eigenvalue weighted by Crippen LogP contribution is 2.30. The lowest BCUT2D eigenvalue weighted by molar-refractivity contribution is 0.414. The van der Waals surface area contributed by atoms with Crippen molar-refractivity contribution >= 4 is 0 Å². The van der Waals surface area contributed by atoms with Crippen LogP contribution in [0.5, 0.6) is 5.75 Å². The molecule has 1 N–H and O–H groups in total. The van der Waals surface area contributed by atoms with Crippen molar-refractivity contribution in [2.24, 2.45) is 0 Å². The Morgan fingerprint density at radius 3 is 2.50 bits per heavy atom. The highest BCUT2D eigenvalue weighted by Gasteiger charge is 2.28. The summed E-state index contributed by atoms with van der Waals surface area (Å²) in [7, 11) is 1.71. The quantitative estimate of drug-likeness (QED) is 0.917. The largest absolute Gasteiger partial charge is 0.497 e. The summed E-state index contributed by atoms with van der Waals surface area (Å²) >= 11 is 0. The molecule has 0 aromatic heterocycles. The fourth-order valence-corrected chi connectivity index (χ4v) is 3.10. The normalized spacial score (nSPS) is 21.9. The van der Waals surface area contributed by atoms with E-state index in [0.717, 1.165) is 18.7 Å². The van der Waals surface area contributed by atoms with Gasteiger partial charge in [0.1, 0.15) is 5.75 Å². The zero-order valence-corrected chi connectivity index (χ0v) is 11.9. The van der Waals surface area contributed by atoms with Crippen LogP contribution >= 0.6 is 0 Å². The lowest BCUT2D eigenvalue weighted by Gasteiger charge is -2.20. The Kier molecular flexibility index (Phi) is 4.03. The Hall–Kier alpha value is -1.80. The number of rotatable bonds is 4. The fourth-order valence-electron chi connectivity index (χ4n) is 3.10. The maximum atomic E-state index is 5.24. The summed E-state index contributed by atoms with van der Waals surface area (Å²) in [5.41, 5.74) is 2.82. The van der Waals surface area contributed by atoms with Crippen LogP contribution < -0.4 is 10.1 Å². The maximum absolute atomic E-state index is 5.24. The van der Waals surface area contributed by atoms with Gasteiger partial charge in [0.05, 0.1) is 7.11 Å². The van der Waals surface area contributed by atoms with Gasteiger partial charge in [-0.2, -0.15) is 0 Å². The minimum atomic E-state index is 0.533. The van der Waals surface area contributed by atoms with Gasteiger partial charge >= 0.3 is 0 Å². The number of ether oxygens (including phenoxy) is 1. The van der Waals surface area contributed by atoms with Crippen molar-refractivity contribution < 1.29 is 4.74 Å². The first-order valence-electron chi connectivity index (χ1n) is 7.28. The predicted octanol–water partition coefficient (Wildman–Crippen LogP) is 3.38. The van der Waals surface area contributed by atoms with Gasteiger partial charge in [0.15, 0.2) is 0 Å². The molecular formula is C18H21NO. The molecule has 1 aliphatic heterocycles. The third kappa shape index (κ3) is 2.86. The molecule has 1 heterocycles. The van der Waals surface area contributed by atoms with Crippen LogP contribution in [0, 0.1) is 0 Å². The van der Waals surface area contributed by atoms with Crippen LogP contribution in [0.2, 0.25) is 0 Å². The van der Waals surface area contributed by atoms with E-state index in [9.17, 15) is 0 Å². The van der Waals surface area contributed by atoms with Gasteiger partial charge in [0.2, 0.25) is 0 Å². The van der Waals surface area contributed by atoms with E-state index in [0.29, 0.717) is 12.0 Å². The second kappa shape index (κ2) is 6.10. The van der Waals surface area contributed by atoms with Crippen molar-refractivity contribution in [3.8, 4) is 5.75 Å². The van der Waals surface area contributed by atoms with E-state index in [4.69, 9.17) is 4.74 Å². The van der Waals surface area contributed by atoms with Gasteiger partial charge in [0, 0.05) is 12.0 Å². The van der Waals surface area contributed by atoms with Crippen molar-refractivity contribution in [1.29, 1.82) is 0 Å². The van der Waals surface area contributed by atoms with Gasteiger partial charge in [-0.25, -0.2) is 0 Å². The van der Waals surface area contributed by atoms with Gasteiger partial charge in [-0.3, -0.25) is 0 Å². The van der Waals surface area contributed by atoms with Crippen LogP contribution in [-0.4, -0.2) is 19.7 Å². The molecule has 2 aromatic rings. The number of methoxy groups -OCH3 is 1. The molecule has 1 fully saturated rings. The number of nitrogens with one attached hydrogen (secondary N) is 1. The van der Waals surface area contributed by atoms with Crippen LogP contribution in [-0.2, 0) is 6.42 Å². The summed E-state index contributed by atoms with van der Waals surface area (Å²) in [5, 5.41) is 3.65. The monoisotopic (exact) mass is 267 g/mol. The van der Waals surface area contributed by atoms with Crippen molar-refractivity contribution in [2.45, 2.75) is 24.8 Å². The average molecular weight is 267 g/mol. The lowest BCUT2D eigenvalue weighted by Crippen LogP contribution is -2.28. The molecule has 3 rings (SSSR count). The smallest absolute Gasteiger partial charge is 0.118 e. The van der Waals surface area contributed by atoms with Gasteiger partial charge in [-0.1, -0.05) is 42.5 Å². The lowest BCUT2D eigenvalue weighted by atomic mass is 9.88. The van der Waals surface area contributed by atoms with Gasteiger partial charge in [-0.15, -0.1) is 0 Å². The summed E-state index contributed by atoms with van der Waals surface area (Å²) < 4.78 is 5.24. The Labute approximate surface area is 120 Å². The summed E-state index contributed by atoms with van der Waals surface area (Å²) in [6.45, 7) is 1.11. The fraction of sp³-hybridized carbons (Fsp3) is 0.333. The van der Waals surface area contributed by atoms with Gasteiger partial charge in [0.25, 0.3) is 0 Å². The van der Waals surface area contributed by atoms with Crippen LogP contribution in [0.1, 0.15) is 23.5 Å². The van der Waals surface area contributed by atoms with Crippen LogP contribution in [0.4, 0.5) is 0 Å². The molecule has 1 aliphatic rings. The summed E-state index contributed by atoms with van der Waals surface area (Å²) in [5.74, 6) is 1.53. The Balaban J connectivity index is 1.74. The molecule has 0 bridgehead atoms. The molecule has 20 heavy (non-hydrogen) atoms. The van der Waals surface area contributed by atoms with Crippen molar-refractivity contribution in [3.63, 3.8) is 0 Å². The summed E-state index contributed by atoms with van der Waals surface area (Å²) in [6, 6.07) is 19.8. The Bertz CT molecular complexity index is 535. The maximum Gasteiger partial charge on any atom is 0.118 e. The molecule has 0 radical (unpaired) electrons. The molecule has 2 aromatic carbocycles. The van der Waals surface area contributed by atoms with E-state index in [1.807, 2.05) is 0 Å². The van der Waals surface area contributed by atoms with Gasteiger partial charge in [-0.05, 0) is 42.6 Å². The Morgan fingerprint density at radius 1 is 1.05 bits per heavy atom. The standard InChI is InChI=1S/C18H21NO/c1-20-16-9-7-15(8-10-16)17-11-12-19-18(17)13-14-5-3-2-4-6-14/h2-10,17-19H,11-13H2,1H3. The predicted molar refractivity (Wildman–Crippen MR) is 82.3 cm³/mol. The molecule has 2 heteroatoms. The first-order chi connectivity index (χ1) is 9.86. The molecule has 104 valence electrons. The Morgan fingerprint density at radius 2 is 1.80 bits per heavy atom. The second-order valence-electron chi connectivity index (χ2n) is 5.42. The highest BCUT2D eigenvalue weighted by molar-refractivity contribution is 5.31. The summed E-state index contributed by atoms with van der Waals surface area (Å²) in [6.07, 6.45) is 2.31. The van der Waals surface area contributed by atoms with Crippen molar-refractivity contribution in [2.75, 3.05) is 13.7 Å². The summed E-state index contributed by atoms with van der Waals surface area (Å²) in [4.78, 5) is 0. The number of hydrogen-bond acceptors (Lipinski definition) is 2. The van der Waals surface area contributed by atoms with Crippen LogP contribution in [0.3, 0.4) is 0 Å². The van der Waals surface area contributed by atoms with E-state index in [-0.39, 0.29) is 0 Å². The zero-order valence-electron chi connectivity index (χ0n) is 11.9. The van der Waals surface area contributed by atoms with E-state index in [1.54, 1.807) is 7.11 Å². The molecule has 2 atom stereocenters. The van der Waals surface area contributed by atoms with Crippen LogP contribution in [0.25, 0.3) is 0 Å². The van der Waals surface area contributed by atoms with Gasteiger partial charge < -0.3 is 10.1 Å². The molecule has 1 saturated heterocycles. The second-order valence-corrected chi connectivity index (χ2v) is 5.42. The first kappa shape index (κ1) is 13.2. The molecule has 2 unspecified atom stereocenters. The SMILES string of the molecule is COc1ccc(C2CCNC2Cc2ccccc2)cc1.